The van der Waals surface area contributed by atoms with Crippen molar-refractivity contribution in [2.24, 2.45) is 0 Å². The van der Waals surface area contributed by atoms with Crippen LogP contribution in [0.4, 0.5) is 16.3 Å². The van der Waals surface area contributed by atoms with Gasteiger partial charge in [0.05, 0.1) is 27.0 Å². The molecule has 168 valence electrons. The normalized spacial score (nSPS) is 13.6. The van der Waals surface area contributed by atoms with Gasteiger partial charge in [-0.1, -0.05) is 0 Å². The van der Waals surface area contributed by atoms with Crippen molar-refractivity contribution in [2.45, 2.75) is 0 Å². The smallest absolute Gasteiger partial charge is 0.321 e. The predicted molar refractivity (Wildman–Crippen MR) is 116 cm³/mol. The molecule has 2 amide bonds. The van der Waals surface area contributed by atoms with Crippen LogP contribution >= 0.6 is 0 Å². The van der Waals surface area contributed by atoms with Gasteiger partial charge in [-0.3, -0.25) is 0 Å². The van der Waals surface area contributed by atoms with Crippen LogP contribution in [0.1, 0.15) is 0 Å². The van der Waals surface area contributed by atoms with E-state index in [2.05, 4.69) is 30.3 Å². The fourth-order valence-corrected chi connectivity index (χ4v) is 3.46. The molecule has 3 heterocycles. The number of carbonyl (C=O) groups excluding carboxylic acids is 1. The Labute approximate surface area is 184 Å². The fourth-order valence-electron chi connectivity index (χ4n) is 3.46. The number of hydrogen-bond donors (Lipinski definition) is 1. The summed E-state index contributed by atoms with van der Waals surface area (Å²) in [5.74, 6) is 2.82. The Morgan fingerprint density at radius 1 is 0.906 bits per heavy atom. The maximum atomic E-state index is 12.8. The third-order valence-corrected chi connectivity index (χ3v) is 5.10. The van der Waals surface area contributed by atoms with E-state index < -0.39 is 0 Å². The number of piperazine rings is 1. The molecule has 4 rings (SSSR count). The van der Waals surface area contributed by atoms with Crippen molar-refractivity contribution >= 4 is 17.5 Å². The molecular formula is C20H24N8O4. The molecule has 0 saturated carbocycles. The number of amides is 2. The number of methoxy groups -OCH3 is 3. The van der Waals surface area contributed by atoms with E-state index in [0.717, 1.165) is 5.82 Å². The van der Waals surface area contributed by atoms with Gasteiger partial charge in [0.15, 0.2) is 17.3 Å². The number of nitrogens with zero attached hydrogens (tertiary/aromatic N) is 7. The van der Waals surface area contributed by atoms with E-state index in [-0.39, 0.29) is 6.03 Å². The third-order valence-electron chi connectivity index (χ3n) is 5.10. The molecular weight excluding hydrogens is 416 g/mol. The van der Waals surface area contributed by atoms with Gasteiger partial charge in [-0.25, -0.2) is 24.4 Å². The maximum absolute atomic E-state index is 12.8. The van der Waals surface area contributed by atoms with Gasteiger partial charge in [-0.2, -0.15) is 5.10 Å². The summed E-state index contributed by atoms with van der Waals surface area (Å²) >= 11 is 0. The van der Waals surface area contributed by atoms with Crippen molar-refractivity contribution in [2.75, 3.05) is 57.7 Å². The lowest BCUT2D eigenvalue weighted by atomic mass is 10.2. The average Bonchev–Trinajstić information content (AvgIpc) is 3.38. The number of rotatable bonds is 6. The second kappa shape index (κ2) is 9.37. The molecule has 1 aromatic carbocycles. The highest BCUT2D eigenvalue weighted by atomic mass is 16.5. The number of benzene rings is 1. The standard InChI is InChI=1S/C20H24N8O4/c1-30-15-8-14(9-16(31-2)19(15)32-3)25-20(29)27-6-4-26(5-7-27)17-10-18(23-12-22-17)28-13-21-11-24-28/h8-13H,4-7H2,1-3H3,(H,25,29). The van der Waals surface area contributed by atoms with Gasteiger partial charge in [0.25, 0.3) is 0 Å². The highest BCUT2D eigenvalue weighted by molar-refractivity contribution is 5.90. The van der Waals surface area contributed by atoms with Crippen molar-refractivity contribution in [3.63, 3.8) is 0 Å². The van der Waals surface area contributed by atoms with Gasteiger partial charge in [0, 0.05) is 44.4 Å². The summed E-state index contributed by atoms with van der Waals surface area (Å²) in [6, 6.07) is 5.04. The Morgan fingerprint density at radius 2 is 1.59 bits per heavy atom. The van der Waals surface area contributed by atoms with Gasteiger partial charge < -0.3 is 29.3 Å². The summed E-state index contributed by atoms with van der Waals surface area (Å²) in [5.41, 5.74) is 0.556. The van der Waals surface area contributed by atoms with Crippen LogP contribution in [0.3, 0.4) is 0 Å². The molecule has 0 bridgehead atoms. The molecule has 0 unspecified atom stereocenters. The third kappa shape index (κ3) is 4.33. The number of urea groups is 1. The van der Waals surface area contributed by atoms with Gasteiger partial charge >= 0.3 is 6.03 Å². The minimum Gasteiger partial charge on any atom is -0.493 e. The van der Waals surface area contributed by atoms with E-state index in [9.17, 15) is 4.79 Å². The summed E-state index contributed by atoms with van der Waals surface area (Å²) in [5, 5.41) is 7.00. The second-order valence-electron chi connectivity index (χ2n) is 6.89. The highest BCUT2D eigenvalue weighted by Gasteiger charge is 2.23. The van der Waals surface area contributed by atoms with Crippen LogP contribution < -0.4 is 24.4 Å². The Bertz CT molecular complexity index is 1040. The van der Waals surface area contributed by atoms with Crippen molar-refractivity contribution < 1.29 is 19.0 Å². The number of hydrogen-bond acceptors (Lipinski definition) is 9. The minimum atomic E-state index is -0.204. The first kappa shape index (κ1) is 21.2. The van der Waals surface area contributed by atoms with E-state index in [4.69, 9.17) is 14.2 Å². The van der Waals surface area contributed by atoms with Crippen LogP contribution in [0.15, 0.2) is 37.2 Å². The molecule has 2 aromatic heterocycles. The monoisotopic (exact) mass is 440 g/mol. The predicted octanol–water partition coefficient (Wildman–Crippen LogP) is 1.44. The Kier molecular flexibility index (Phi) is 6.19. The number of nitrogens with one attached hydrogen (secondary N) is 1. The lowest BCUT2D eigenvalue weighted by Crippen LogP contribution is -2.50. The van der Waals surface area contributed by atoms with Crippen molar-refractivity contribution in [1.29, 1.82) is 0 Å². The van der Waals surface area contributed by atoms with E-state index in [0.29, 0.717) is 54.9 Å². The summed E-state index contributed by atoms with van der Waals surface area (Å²) in [6.45, 7) is 2.35. The Hall–Kier alpha value is -4.09. The van der Waals surface area contributed by atoms with Crippen LogP contribution in [0.25, 0.3) is 5.82 Å². The minimum absolute atomic E-state index is 0.204. The molecule has 1 aliphatic heterocycles. The molecule has 0 spiro atoms. The number of anilines is 2. The molecule has 1 N–H and O–H groups in total. The SMILES string of the molecule is COc1cc(NC(=O)N2CCN(c3cc(-n4cncn4)ncn3)CC2)cc(OC)c1OC. The molecule has 1 saturated heterocycles. The number of aromatic nitrogens is 5. The topological polar surface area (TPSA) is 120 Å². The van der Waals surface area contributed by atoms with Crippen LogP contribution in [-0.4, -0.2) is 83.2 Å². The summed E-state index contributed by atoms with van der Waals surface area (Å²) < 4.78 is 17.6. The van der Waals surface area contributed by atoms with Crippen LogP contribution in [0, 0.1) is 0 Å². The fraction of sp³-hybridized carbons (Fsp3) is 0.350. The van der Waals surface area contributed by atoms with E-state index >= 15 is 0 Å². The molecule has 0 aliphatic carbocycles. The van der Waals surface area contributed by atoms with Gasteiger partial charge in [-0.15, -0.1) is 0 Å². The lowest BCUT2D eigenvalue weighted by molar-refractivity contribution is 0.208. The van der Waals surface area contributed by atoms with Crippen LogP contribution in [0.2, 0.25) is 0 Å². The zero-order valence-corrected chi connectivity index (χ0v) is 18.1. The molecule has 32 heavy (non-hydrogen) atoms. The average molecular weight is 440 g/mol. The molecule has 3 aromatic rings. The first-order valence-electron chi connectivity index (χ1n) is 9.91. The Balaban J connectivity index is 1.40. The van der Waals surface area contributed by atoms with Gasteiger partial charge in [0.1, 0.15) is 24.8 Å². The first-order chi connectivity index (χ1) is 15.6. The zero-order valence-electron chi connectivity index (χ0n) is 18.1. The molecule has 0 radical (unpaired) electrons. The van der Waals surface area contributed by atoms with Crippen molar-refractivity contribution in [3.8, 4) is 23.1 Å². The second-order valence-corrected chi connectivity index (χ2v) is 6.89. The Morgan fingerprint density at radius 3 is 2.19 bits per heavy atom. The number of carbonyl (C=O) groups is 1. The summed E-state index contributed by atoms with van der Waals surface area (Å²) in [6.07, 6.45) is 4.53. The lowest BCUT2D eigenvalue weighted by Gasteiger charge is -2.35. The number of ether oxygens (including phenoxy) is 3. The van der Waals surface area contributed by atoms with Gasteiger partial charge in [0.2, 0.25) is 5.75 Å². The van der Waals surface area contributed by atoms with Gasteiger partial charge in [-0.05, 0) is 0 Å². The van der Waals surface area contributed by atoms with E-state index in [1.54, 1.807) is 28.0 Å². The van der Waals surface area contributed by atoms with E-state index in [1.807, 2.05) is 6.07 Å². The van der Waals surface area contributed by atoms with E-state index in [1.165, 1.54) is 34.0 Å². The summed E-state index contributed by atoms with van der Waals surface area (Å²) in [4.78, 5) is 29.2. The first-order valence-corrected chi connectivity index (χ1v) is 9.91. The zero-order chi connectivity index (χ0) is 22.5. The quantitative estimate of drug-likeness (QED) is 0.607. The van der Waals surface area contributed by atoms with Crippen LogP contribution in [-0.2, 0) is 0 Å². The molecule has 1 fully saturated rings. The highest BCUT2D eigenvalue weighted by Crippen LogP contribution is 2.40. The van der Waals surface area contributed by atoms with Crippen molar-refractivity contribution in [3.05, 3.63) is 37.2 Å². The molecule has 0 atom stereocenters. The van der Waals surface area contributed by atoms with Crippen LogP contribution in [0.5, 0.6) is 17.2 Å². The largest absolute Gasteiger partial charge is 0.493 e. The maximum Gasteiger partial charge on any atom is 0.321 e. The molecule has 1 aliphatic rings. The molecule has 12 nitrogen and oxygen atoms in total. The molecule has 12 heteroatoms. The van der Waals surface area contributed by atoms with Crippen molar-refractivity contribution in [1.82, 2.24) is 29.6 Å². The summed E-state index contributed by atoms with van der Waals surface area (Å²) in [7, 11) is 4.59.